The number of halogens is 2. The first-order chi connectivity index (χ1) is 12.0. The van der Waals surface area contributed by atoms with Crippen LogP contribution < -0.4 is 10.1 Å². The lowest BCUT2D eigenvalue weighted by Gasteiger charge is -2.09. The molecule has 0 unspecified atom stereocenters. The summed E-state index contributed by atoms with van der Waals surface area (Å²) in [5, 5.41) is 3.39. The van der Waals surface area contributed by atoms with Crippen molar-refractivity contribution in [3.8, 4) is 5.75 Å². The number of amides is 1. The minimum atomic E-state index is -0.539. The number of anilines is 1. The van der Waals surface area contributed by atoms with Gasteiger partial charge in [-0.05, 0) is 30.3 Å². The van der Waals surface area contributed by atoms with E-state index in [1.807, 2.05) is 0 Å². The highest BCUT2D eigenvalue weighted by Gasteiger charge is 2.12. The predicted molar refractivity (Wildman–Crippen MR) is 98.5 cm³/mol. The Labute approximate surface area is 155 Å². The molecule has 1 amide bonds. The van der Waals surface area contributed by atoms with Crippen LogP contribution in [-0.2, 0) is 9.53 Å². The Hall–Kier alpha value is -2.50. The van der Waals surface area contributed by atoms with Gasteiger partial charge in [-0.1, -0.05) is 35.3 Å². The molecule has 0 saturated heterocycles. The first kappa shape index (κ1) is 18.8. The number of ether oxygens (including phenoxy) is 2. The maximum absolute atomic E-state index is 12.2. The highest BCUT2D eigenvalue weighted by atomic mass is 35.5. The van der Waals surface area contributed by atoms with E-state index in [4.69, 9.17) is 32.7 Å². The molecule has 1 N–H and O–H groups in total. The Morgan fingerprint density at radius 3 is 2.52 bits per heavy atom. The SMILES string of the molecule is COC(=O)c1ccccc1NC(=O)C=Cc1cc(Cl)cc(Cl)c1OC. The third-order valence-electron chi connectivity index (χ3n) is 3.25. The van der Waals surface area contributed by atoms with Gasteiger partial charge in [-0.3, -0.25) is 4.79 Å². The standard InChI is InChI=1S/C18H15Cl2NO4/c1-24-17-11(9-12(19)10-14(17)20)7-8-16(22)21-15-6-4-3-5-13(15)18(23)25-2/h3-10H,1-2H3,(H,21,22). The topological polar surface area (TPSA) is 64.6 Å². The first-order valence-electron chi connectivity index (χ1n) is 7.15. The third-order valence-corrected chi connectivity index (χ3v) is 3.74. The first-order valence-corrected chi connectivity index (χ1v) is 7.91. The minimum absolute atomic E-state index is 0.259. The Morgan fingerprint density at radius 2 is 1.84 bits per heavy atom. The van der Waals surface area contributed by atoms with E-state index in [1.165, 1.54) is 26.4 Å². The number of hydrogen-bond donors (Lipinski definition) is 1. The molecular weight excluding hydrogens is 365 g/mol. The molecule has 0 saturated carbocycles. The number of rotatable bonds is 5. The molecule has 0 aliphatic rings. The lowest BCUT2D eigenvalue weighted by molar-refractivity contribution is -0.111. The molecule has 0 aromatic heterocycles. The summed E-state index contributed by atoms with van der Waals surface area (Å²) in [7, 11) is 2.75. The van der Waals surface area contributed by atoms with Crippen molar-refractivity contribution in [3.05, 3.63) is 63.6 Å². The van der Waals surface area contributed by atoms with Crippen molar-refractivity contribution in [1.82, 2.24) is 0 Å². The van der Waals surface area contributed by atoms with Crippen molar-refractivity contribution in [2.45, 2.75) is 0 Å². The fourth-order valence-electron chi connectivity index (χ4n) is 2.14. The second kappa shape index (κ2) is 8.55. The Kier molecular flexibility index (Phi) is 6.44. The molecule has 2 rings (SSSR count). The molecule has 25 heavy (non-hydrogen) atoms. The van der Waals surface area contributed by atoms with Gasteiger partial charge >= 0.3 is 5.97 Å². The summed E-state index contributed by atoms with van der Waals surface area (Å²) in [4.78, 5) is 23.9. The van der Waals surface area contributed by atoms with Gasteiger partial charge in [0.25, 0.3) is 0 Å². The van der Waals surface area contributed by atoms with E-state index >= 15 is 0 Å². The van der Waals surface area contributed by atoms with E-state index in [1.54, 1.807) is 36.4 Å². The average molecular weight is 380 g/mol. The van der Waals surface area contributed by atoms with E-state index in [9.17, 15) is 9.59 Å². The van der Waals surface area contributed by atoms with Crippen LogP contribution in [0.25, 0.3) is 6.08 Å². The van der Waals surface area contributed by atoms with Gasteiger partial charge in [-0.2, -0.15) is 0 Å². The van der Waals surface area contributed by atoms with E-state index < -0.39 is 11.9 Å². The van der Waals surface area contributed by atoms with Crippen molar-refractivity contribution in [2.24, 2.45) is 0 Å². The number of nitrogens with one attached hydrogen (secondary N) is 1. The predicted octanol–water partition coefficient (Wildman–Crippen LogP) is 4.44. The van der Waals surface area contributed by atoms with Gasteiger partial charge in [-0.15, -0.1) is 0 Å². The van der Waals surface area contributed by atoms with E-state index in [2.05, 4.69) is 5.32 Å². The number of carbonyl (C=O) groups excluding carboxylic acids is 2. The summed E-state index contributed by atoms with van der Waals surface area (Å²) in [6, 6.07) is 9.71. The van der Waals surface area contributed by atoms with Crippen molar-refractivity contribution < 1.29 is 19.1 Å². The summed E-state index contributed by atoms with van der Waals surface area (Å²) in [5.41, 5.74) is 1.16. The van der Waals surface area contributed by atoms with Gasteiger partial charge in [0.1, 0.15) is 5.75 Å². The van der Waals surface area contributed by atoms with Crippen molar-refractivity contribution >= 4 is 46.8 Å². The van der Waals surface area contributed by atoms with E-state index in [0.29, 0.717) is 27.0 Å². The van der Waals surface area contributed by atoms with Gasteiger partial charge in [0.05, 0.1) is 30.5 Å². The Morgan fingerprint density at radius 1 is 1.12 bits per heavy atom. The van der Waals surface area contributed by atoms with E-state index in [0.717, 1.165) is 0 Å². The molecule has 0 heterocycles. The van der Waals surface area contributed by atoms with Crippen molar-refractivity contribution in [1.29, 1.82) is 0 Å². The van der Waals surface area contributed by atoms with Crippen LogP contribution in [0.15, 0.2) is 42.5 Å². The number of carbonyl (C=O) groups is 2. The Balaban J connectivity index is 2.22. The molecule has 2 aromatic carbocycles. The largest absolute Gasteiger partial charge is 0.495 e. The van der Waals surface area contributed by atoms with Crippen LogP contribution in [0.4, 0.5) is 5.69 Å². The summed E-state index contributed by atoms with van der Waals surface area (Å²) >= 11 is 12.0. The van der Waals surface area contributed by atoms with Gasteiger partial charge in [-0.25, -0.2) is 4.79 Å². The normalized spacial score (nSPS) is 10.6. The van der Waals surface area contributed by atoms with Crippen molar-refractivity contribution in [2.75, 3.05) is 19.5 Å². The quantitative estimate of drug-likeness (QED) is 0.615. The zero-order chi connectivity index (χ0) is 18.4. The molecule has 0 radical (unpaired) electrons. The van der Waals surface area contributed by atoms with Crippen LogP contribution in [0, 0.1) is 0 Å². The number of para-hydroxylation sites is 1. The molecule has 0 aliphatic heterocycles. The fraction of sp³-hybridized carbons (Fsp3) is 0.111. The highest BCUT2D eigenvalue weighted by Crippen LogP contribution is 2.33. The monoisotopic (exact) mass is 379 g/mol. The van der Waals surface area contributed by atoms with Gasteiger partial charge in [0.15, 0.2) is 0 Å². The number of benzene rings is 2. The minimum Gasteiger partial charge on any atom is -0.495 e. The molecule has 5 nitrogen and oxygen atoms in total. The molecule has 0 aliphatic carbocycles. The summed E-state index contributed by atoms with van der Waals surface area (Å²) in [6.07, 6.45) is 2.81. The van der Waals surface area contributed by atoms with Crippen LogP contribution in [0.5, 0.6) is 5.75 Å². The van der Waals surface area contributed by atoms with E-state index in [-0.39, 0.29) is 5.56 Å². The van der Waals surface area contributed by atoms with Gasteiger partial charge in [0.2, 0.25) is 5.91 Å². The van der Waals surface area contributed by atoms with Crippen LogP contribution in [0.3, 0.4) is 0 Å². The average Bonchev–Trinajstić information content (AvgIpc) is 2.59. The van der Waals surface area contributed by atoms with Crippen LogP contribution in [-0.4, -0.2) is 26.1 Å². The lowest BCUT2D eigenvalue weighted by Crippen LogP contribution is -2.12. The number of hydrogen-bond acceptors (Lipinski definition) is 4. The molecular formula is C18H15Cl2NO4. The van der Waals surface area contributed by atoms with Crippen LogP contribution in [0.1, 0.15) is 15.9 Å². The summed E-state index contributed by atoms with van der Waals surface area (Å²) in [5.74, 6) is -0.567. The van der Waals surface area contributed by atoms with Gasteiger partial charge in [0, 0.05) is 16.7 Å². The highest BCUT2D eigenvalue weighted by molar-refractivity contribution is 6.36. The molecule has 0 spiro atoms. The maximum atomic E-state index is 12.2. The lowest BCUT2D eigenvalue weighted by atomic mass is 10.1. The molecule has 0 atom stereocenters. The van der Waals surface area contributed by atoms with Crippen LogP contribution in [0.2, 0.25) is 10.0 Å². The fourth-order valence-corrected chi connectivity index (χ4v) is 2.73. The summed E-state index contributed by atoms with van der Waals surface area (Å²) in [6.45, 7) is 0. The molecule has 2 aromatic rings. The third kappa shape index (κ3) is 4.75. The Bertz CT molecular complexity index is 834. The second-order valence-electron chi connectivity index (χ2n) is 4.87. The van der Waals surface area contributed by atoms with Gasteiger partial charge < -0.3 is 14.8 Å². The number of esters is 1. The zero-order valence-corrected chi connectivity index (χ0v) is 15.0. The van der Waals surface area contributed by atoms with Crippen LogP contribution >= 0.6 is 23.2 Å². The second-order valence-corrected chi connectivity index (χ2v) is 5.71. The maximum Gasteiger partial charge on any atom is 0.339 e. The smallest absolute Gasteiger partial charge is 0.339 e. The molecule has 0 fully saturated rings. The molecule has 0 bridgehead atoms. The van der Waals surface area contributed by atoms with Crippen molar-refractivity contribution in [3.63, 3.8) is 0 Å². The molecule has 130 valence electrons. The summed E-state index contributed by atoms with van der Waals surface area (Å²) < 4.78 is 9.90. The number of methoxy groups -OCH3 is 2. The zero-order valence-electron chi connectivity index (χ0n) is 13.5. The molecule has 7 heteroatoms.